The molecule has 0 unspecified atom stereocenters. The molecule has 0 aromatic rings. The zero-order valence-electron chi connectivity index (χ0n) is 20.3. The van der Waals surface area contributed by atoms with Gasteiger partial charge in [0.15, 0.2) is 0 Å². The first-order valence-corrected chi connectivity index (χ1v) is 13.5. The molecule has 3 saturated carbocycles. The molecule has 0 heterocycles. The molecular formula is C24H37NaO7S. The minimum atomic E-state index is -4.49. The number of carboxylic acid groups (broad SMARTS) is 1. The standard InChI is InChI=1S/C24H38O7S.Na/c1-14(4-7-21(26)27)17-5-6-18-22-19(9-11-24(17,18)3)23(2)10-8-16(31-32(28,29)30)12-15(23)13-20(22)25;/h13-14,16-20,22,25H,4-12H2,1-3H3,(H,26,27)(H,28,29,30);/q;+1/p-1/t14-,16+,17-,18+,19+,20-,22+,23+,24-;/m1./s1. The van der Waals surface area contributed by atoms with Crippen LogP contribution in [0.5, 0.6) is 0 Å². The molecule has 0 amide bonds. The maximum absolute atomic E-state index is 11.3. The second kappa shape index (κ2) is 9.83. The Kier molecular flexibility index (Phi) is 8.23. The molecule has 0 spiro atoms. The number of aliphatic hydroxyl groups is 1. The van der Waals surface area contributed by atoms with Gasteiger partial charge in [0.05, 0.1) is 12.2 Å². The number of hydrogen-bond acceptors (Lipinski definition) is 6. The Hall–Kier alpha value is 0.0400. The van der Waals surface area contributed by atoms with Crippen LogP contribution in [-0.4, -0.2) is 36.3 Å². The van der Waals surface area contributed by atoms with Crippen molar-refractivity contribution in [3.05, 3.63) is 11.6 Å². The monoisotopic (exact) mass is 492 g/mol. The second-order valence-electron chi connectivity index (χ2n) is 11.4. The summed E-state index contributed by atoms with van der Waals surface area (Å²) in [5.74, 6) is 0.682. The summed E-state index contributed by atoms with van der Waals surface area (Å²) in [5.41, 5.74) is 1.07. The fraction of sp³-hybridized carbons (Fsp3) is 0.875. The summed E-state index contributed by atoms with van der Waals surface area (Å²) in [5, 5.41) is 22.2. The number of carbonyl (C=O) groups is 1. The van der Waals surface area contributed by atoms with Crippen LogP contribution >= 0.6 is 0 Å². The largest absolute Gasteiger partial charge is 1.00 e. The first-order valence-electron chi connectivity index (χ1n) is 12.1. The van der Waals surface area contributed by atoms with Crippen LogP contribution in [-0.2, 0) is 19.4 Å². The van der Waals surface area contributed by atoms with Crippen molar-refractivity contribution in [2.75, 3.05) is 0 Å². The zero-order chi connectivity index (χ0) is 23.5. The Labute approximate surface area is 220 Å². The molecule has 7 nitrogen and oxygen atoms in total. The summed E-state index contributed by atoms with van der Waals surface area (Å²) >= 11 is 0. The van der Waals surface area contributed by atoms with Gasteiger partial charge in [0.1, 0.15) is 0 Å². The molecule has 0 saturated heterocycles. The van der Waals surface area contributed by atoms with Gasteiger partial charge >= 0.3 is 40.0 Å². The quantitative estimate of drug-likeness (QED) is 0.301. The number of carboxylic acids is 1. The van der Waals surface area contributed by atoms with Crippen LogP contribution in [0.15, 0.2) is 11.6 Å². The van der Waals surface area contributed by atoms with Crippen molar-refractivity contribution < 1.29 is 61.7 Å². The summed E-state index contributed by atoms with van der Waals surface area (Å²) in [6.07, 6.45) is 7.51. The number of rotatable bonds is 6. The first-order chi connectivity index (χ1) is 14.8. The second-order valence-corrected chi connectivity index (χ2v) is 12.4. The minimum Gasteiger partial charge on any atom is -0.550 e. The van der Waals surface area contributed by atoms with Gasteiger partial charge in [0, 0.05) is 5.97 Å². The molecule has 0 radical (unpaired) electrons. The summed E-state index contributed by atoms with van der Waals surface area (Å²) in [4.78, 5) is 11.0. The molecule has 0 aromatic carbocycles. The van der Waals surface area contributed by atoms with Crippen LogP contribution < -0.4 is 34.7 Å². The third kappa shape index (κ3) is 5.13. The third-order valence-corrected chi connectivity index (χ3v) is 10.4. The van der Waals surface area contributed by atoms with Crippen LogP contribution in [0.1, 0.15) is 78.6 Å². The van der Waals surface area contributed by atoms with Gasteiger partial charge in [-0.3, -0.25) is 4.55 Å². The smallest absolute Gasteiger partial charge is 0.550 e. The van der Waals surface area contributed by atoms with Crippen molar-refractivity contribution in [2.24, 2.45) is 40.4 Å². The maximum Gasteiger partial charge on any atom is 1.00 e. The number of hydrogen-bond donors (Lipinski definition) is 2. The van der Waals surface area contributed by atoms with E-state index in [1.807, 2.05) is 6.08 Å². The van der Waals surface area contributed by atoms with Crippen molar-refractivity contribution in [1.29, 1.82) is 0 Å². The summed E-state index contributed by atoms with van der Waals surface area (Å²) in [6, 6.07) is 0. The predicted molar refractivity (Wildman–Crippen MR) is 116 cm³/mol. The fourth-order valence-electron chi connectivity index (χ4n) is 8.39. The molecule has 4 aliphatic rings. The molecule has 4 rings (SSSR count). The molecule has 33 heavy (non-hydrogen) atoms. The van der Waals surface area contributed by atoms with E-state index < -0.39 is 28.6 Å². The minimum absolute atomic E-state index is 0. The Morgan fingerprint density at radius 3 is 2.55 bits per heavy atom. The van der Waals surface area contributed by atoms with Crippen molar-refractivity contribution in [3.8, 4) is 0 Å². The number of aliphatic hydroxyl groups excluding tert-OH is 1. The number of carbonyl (C=O) groups excluding carboxylic acids is 1. The van der Waals surface area contributed by atoms with Crippen LogP contribution in [0.4, 0.5) is 0 Å². The molecule has 182 valence electrons. The van der Waals surface area contributed by atoms with Crippen LogP contribution in [0.25, 0.3) is 0 Å². The Balaban J connectivity index is 0.00000306. The number of aliphatic carboxylic acids is 1. The zero-order valence-corrected chi connectivity index (χ0v) is 23.1. The Morgan fingerprint density at radius 2 is 1.91 bits per heavy atom. The predicted octanol–water partition coefficient (Wildman–Crippen LogP) is -0.106. The van der Waals surface area contributed by atoms with Gasteiger partial charge in [0.2, 0.25) is 0 Å². The third-order valence-electron chi connectivity index (χ3n) is 9.91. The van der Waals surface area contributed by atoms with Crippen molar-refractivity contribution >= 4 is 16.4 Å². The van der Waals surface area contributed by atoms with E-state index in [9.17, 15) is 23.4 Å². The van der Waals surface area contributed by atoms with E-state index in [2.05, 4.69) is 20.8 Å². The van der Waals surface area contributed by atoms with E-state index >= 15 is 0 Å². The average Bonchev–Trinajstić information content (AvgIpc) is 3.03. The fourth-order valence-corrected chi connectivity index (χ4v) is 8.90. The Bertz CT molecular complexity index is 889. The van der Waals surface area contributed by atoms with Crippen molar-refractivity contribution in [3.63, 3.8) is 0 Å². The van der Waals surface area contributed by atoms with Gasteiger partial charge in [0.25, 0.3) is 0 Å². The van der Waals surface area contributed by atoms with E-state index in [1.165, 1.54) is 0 Å². The molecule has 0 aliphatic heterocycles. The molecule has 4 aliphatic carbocycles. The number of fused-ring (bicyclic) bond motifs is 5. The average molecular weight is 493 g/mol. The van der Waals surface area contributed by atoms with Gasteiger partial charge in [-0.05, 0) is 98.2 Å². The van der Waals surface area contributed by atoms with Crippen LogP contribution in [0.3, 0.4) is 0 Å². The molecule has 0 bridgehead atoms. The van der Waals surface area contributed by atoms with Gasteiger partial charge < -0.3 is 15.0 Å². The van der Waals surface area contributed by atoms with Crippen molar-refractivity contribution in [1.82, 2.24) is 0 Å². The molecular weight excluding hydrogens is 455 g/mol. The van der Waals surface area contributed by atoms with Gasteiger partial charge in [-0.25, -0.2) is 4.18 Å². The van der Waals surface area contributed by atoms with E-state index in [0.29, 0.717) is 42.9 Å². The maximum atomic E-state index is 11.3. The van der Waals surface area contributed by atoms with Crippen LogP contribution in [0, 0.1) is 40.4 Å². The normalized spacial score (nSPS) is 43.4. The summed E-state index contributed by atoms with van der Waals surface area (Å²) in [6.45, 7) is 6.77. The molecule has 9 atom stereocenters. The summed E-state index contributed by atoms with van der Waals surface area (Å²) in [7, 11) is -4.49. The SMILES string of the molecule is C[C@H](CCC(=O)[O-])[C@H]1CC[C@H]2[C@@H]3[C@H](O)C=C4C[C@@H](OS(=O)(=O)O)CC[C@]4(C)[C@H]3CC[C@]12C.[Na+]. The van der Waals surface area contributed by atoms with Crippen molar-refractivity contribution in [2.45, 2.75) is 90.8 Å². The van der Waals surface area contributed by atoms with Gasteiger partial charge in [-0.1, -0.05) is 32.4 Å². The molecule has 9 heteroatoms. The van der Waals surface area contributed by atoms with E-state index in [4.69, 9.17) is 8.74 Å². The van der Waals surface area contributed by atoms with E-state index in [1.54, 1.807) is 0 Å². The first kappa shape index (κ1) is 27.6. The van der Waals surface area contributed by atoms with Gasteiger partial charge in [-0.2, -0.15) is 8.42 Å². The van der Waals surface area contributed by atoms with Gasteiger partial charge in [-0.15, -0.1) is 0 Å². The summed E-state index contributed by atoms with van der Waals surface area (Å²) < 4.78 is 36.3. The molecule has 2 N–H and O–H groups in total. The Morgan fingerprint density at radius 1 is 1.21 bits per heavy atom. The van der Waals surface area contributed by atoms with E-state index in [-0.39, 0.29) is 52.7 Å². The topological polar surface area (TPSA) is 124 Å². The molecule has 0 aromatic heterocycles. The molecule has 3 fully saturated rings. The van der Waals surface area contributed by atoms with Crippen LogP contribution in [0.2, 0.25) is 0 Å². The van der Waals surface area contributed by atoms with E-state index in [0.717, 1.165) is 37.7 Å².